The predicted molar refractivity (Wildman–Crippen MR) is 93.9 cm³/mol. The van der Waals surface area contributed by atoms with Crippen molar-refractivity contribution in [2.75, 3.05) is 10.6 Å². The van der Waals surface area contributed by atoms with E-state index in [0.29, 0.717) is 11.6 Å². The average Bonchev–Trinajstić information content (AvgIpc) is 2.58. The van der Waals surface area contributed by atoms with Crippen LogP contribution in [0.3, 0.4) is 0 Å². The van der Waals surface area contributed by atoms with Gasteiger partial charge in [0.15, 0.2) is 0 Å². The molecule has 23 heavy (non-hydrogen) atoms. The van der Waals surface area contributed by atoms with Crippen molar-refractivity contribution in [3.8, 4) is 0 Å². The lowest BCUT2D eigenvalue weighted by atomic mass is 10.3. The third-order valence-electron chi connectivity index (χ3n) is 3.04. The summed E-state index contributed by atoms with van der Waals surface area (Å²) in [5.41, 5.74) is 1.84. The summed E-state index contributed by atoms with van der Waals surface area (Å²) in [6.45, 7) is 0. The van der Waals surface area contributed by atoms with Gasteiger partial charge in [0.05, 0.1) is 5.69 Å². The molecule has 0 aliphatic rings. The first-order valence-electron chi connectivity index (χ1n) is 6.93. The van der Waals surface area contributed by atoms with E-state index in [9.17, 15) is 4.79 Å². The molecule has 3 aromatic rings. The van der Waals surface area contributed by atoms with Crippen molar-refractivity contribution in [2.24, 2.45) is 0 Å². The zero-order chi connectivity index (χ0) is 16.1. The highest BCUT2D eigenvalue weighted by Crippen LogP contribution is 2.23. The number of amides is 1. The summed E-state index contributed by atoms with van der Waals surface area (Å²) in [4.78, 5) is 20.6. The molecule has 0 fully saturated rings. The van der Waals surface area contributed by atoms with Crippen molar-refractivity contribution in [1.82, 2.24) is 9.97 Å². The molecule has 0 spiro atoms. The van der Waals surface area contributed by atoms with Gasteiger partial charge < -0.3 is 10.6 Å². The zero-order valence-corrected chi connectivity index (χ0v) is 13.6. The number of halogens is 1. The van der Waals surface area contributed by atoms with Crippen molar-refractivity contribution in [3.63, 3.8) is 0 Å². The number of rotatable bonds is 4. The van der Waals surface area contributed by atoms with Gasteiger partial charge in [-0.25, -0.2) is 9.97 Å². The molecule has 0 saturated heterocycles. The van der Waals surface area contributed by atoms with E-state index in [-0.39, 0.29) is 5.91 Å². The fourth-order valence-corrected chi connectivity index (χ4v) is 2.33. The number of hydrogen-bond donors (Lipinski definition) is 2. The van der Waals surface area contributed by atoms with Gasteiger partial charge in [-0.3, -0.25) is 4.79 Å². The van der Waals surface area contributed by atoms with Crippen LogP contribution in [0.15, 0.2) is 71.3 Å². The first-order chi connectivity index (χ1) is 11.2. The van der Waals surface area contributed by atoms with Gasteiger partial charge in [0.1, 0.15) is 5.69 Å². The first-order valence-corrected chi connectivity index (χ1v) is 7.73. The maximum absolute atomic E-state index is 12.2. The highest BCUT2D eigenvalue weighted by Gasteiger charge is 2.10. The topological polar surface area (TPSA) is 66.9 Å². The van der Waals surface area contributed by atoms with E-state index in [2.05, 4.69) is 36.5 Å². The monoisotopic (exact) mass is 368 g/mol. The first kappa shape index (κ1) is 15.2. The number of hydrogen-bond acceptors (Lipinski definition) is 4. The Hall–Kier alpha value is -2.73. The summed E-state index contributed by atoms with van der Waals surface area (Å²) in [6.07, 6.45) is 1.55. The maximum Gasteiger partial charge on any atom is 0.274 e. The van der Waals surface area contributed by atoms with Crippen molar-refractivity contribution >= 4 is 39.2 Å². The van der Waals surface area contributed by atoms with E-state index in [0.717, 1.165) is 15.8 Å². The molecule has 5 nitrogen and oxygen atoms in total. The molecule has 6 heteroatoms. The summed E-state index contributed by atoms with van der Waals surface area (Å²) in [5, 5.41) is 5.88. The van der Waals surface area contributed by atoms with Crippen LogP contribution in [-0.4, -0.2) is 15.9 Å². The molecule has 0 unspecified atom stereocenters. The molecule has 0 aliphatic heterocycles. The van der Waals surface area contributed by atoms with Gasteiger partial charge in [0.25, 0.3) is 5.91 Å². The molecule has 2 N–H and O–H groups in total. The van der Waals surface area contributed by atoms with Gasteiger partial charge in [0, 0.05) is 16.4 Å². The number of para-hydroxylation sites is 2. The van der Waals surface area contributed by atoms with Crippen LogP contribution in [0.5, 0.6) is 0 Å². The summed E-state index contributed by atoms with van der Waals surface area (Å²) >= 11 is 3.45. The third kappa shape index (κ3) is 3.92. The van der Waals surface area contributed by atoms with Crippen LogP contribution in [0.25, 0.3) is 0 Å². The lowest BCUT2D eigenvalue weighted by Gasteiger charge is -2.08. The number of nitrogens with one attached hydrogen (secondary N) is 2. The summed E-state index contributed by atoms with van der Waals surface area (Å²) < 4.78 is 0.891. The number of anilines is 3. The minimum Gasteiger partial charge on any atom is -0.323 e. The number of benzene rings is 2. The highest BCUT2D eigenvalue weighted by molar-refractivity contribution is 9.10. The molecule has 1 heterocycles. The average molecular weight is 369 g/mol. The van der Waals surface area contributed by atoms with Crippen molar-refractivity contribution in [2.45, 2.75) is 0 Å². The Kier molecular flexibility index (Phi) is 4.63. The van der Waals surface area contributed by atoms with Gasteiger partial charge in [-0.15, -0.1) is 0 Å². The van der Waals surface area contributed by atoms with Gasteiger partial charge in [0.2, 0.25) is 5.95 Å². The van der Waals surface area contributed by atoms with E-state index in [4.69, 9.17) is 0 Å². The van der Waals surface area contributed by atoms with E-state index in [1.165, 1.54) is 0 Å². The lowest BCUT2D eigenvalue weighted by molar-refractivity contribution is 0.102. The second-order valence-corrected chi connectivity index (χ2v) is 5.54. The molecule has 3 rings (SSSR count). The summed E-state index contributed by atoms with van der Waals surface area (Å²) in [6, 6.07) is 18.4. The van der Waals surface area contributed by atoms with Crippen LogP contribution >= 0.6 is 15.9 Å². The predicted octanol–water partition coefficient (Wildman–Crippen LogP) is 4.24. The largest absolute Gasteiger partial charge is 0.323 e. The van der Waals surface area contributed by atoms with Crippen LogP contribution in [-0.2, 0) is 0 Å². The Bertz CT molecular complexity index is 824. The van der Waals surface area contributed by atoms with Gasteiger partial charge in [-0.2, -0.15) is 0 Å². The Morgan fingerprint density at radius 1 is 0.957 bits per heavy atom. The maximum atomic E-state index is 12.2. The Morgan fingerprint density at radius 3 is 2.48 bits per heavy atom. The molecule has 0 aliphatic carbocycles. The summed E-state index contributed by atoms with van der Waals surface area (Å²) in [7, 11) is 0. The van der Waals surface area contributed by atoms with Gasteiger partial charge in [-0.1, -0.05) is 30.3 Å². The fraction of sp³-hybridized carbons (Fsp3) is 0. The minimum atomic E-state index is -0.284. The molecule has 2 aromatic carbocycles. The number of carbonyl (C=O) groups is 1. The van der Waals surface area contributed by atoms with E-state index < -0.39 is 0 Å². The second-order valence-electron chi connectivity index (χ2n) is 4.69. The van der Waals surface area contributed by atoms with Crippen molar-refractivity contribution in [3.05, 3.63) is 77.0 Å². The molecule has 0 saturated carbocycles. The van der Waals surface area contributed by atoms with Crippen LogP contribution in [0.2, 0.25) is 0 Å². The van der Waals surface area contributed by atoms with E-state index in [1.807, 2.05) is 54.6 Å². The van der Waals surface area contributed by atoms with Crippen LogP contribution in [0.1, 0.15) is 10.5 Å². The van der Waals surface area contributed by atoms with Gasteiger partial charge in [-0.05, 0) is 46.3 Å². The van der Waals surface area contributed by atoms with Crippen molar-refractivity contribution in [1.29, 1.82) is 0 Å². The van der Waals surface area contributed by atoms with Crippen LogP contribution < -0.4 is 10.6 Å². The molecule has 0 radical (unpaired) electrons. The summed E-state index contributed by atoms with van der Waals surface area (Å²) in [5.74, 6) is 0.0754. The SMILES string of the molecule is O=C(Nc1ccccc1)c1ccnc(Nc2ccccc2Br)n1. The lowest BCUT2D eigenvalue weighted by Crippen LogP contribution is -2.14. The molecule has 0 atom stereocenters. The molecule has 1 aromatic heterocycles. The quantitative estimate of drug-likeness (QED) is 0.722. The zero-order valence-electron chi connectivity index (χ0n) is 12.0. The molecular weight excluding hydrogens is 356 g/mol. The number of carbonyl (C=O) groups excluding carboxylic acids is 1. The van der Waals surface area contributed by atoms with E-state index >= 15 is 0 Å². The fourth-order valence-electron chi connectivity index (χ4n) is 1.95. The number of aromatic nitrogens is 2. The van der Waals surface area contributed by atoms with Crippen molar-refractivity contribution < 1.29 is 4.79 Å². The van der Waals surface area contributed by atoms with Crippen LogP contribution in [0.4, 0.5) is 17.3 Å². The molecule has 0 bridgehead atoms. The Balaban J connectivity index is 1.77. The number of nitrogens with zero attached hydrogens (tertiary/aromatic N) is 2. The molecular formula is C17H13BrN4O. The van der Waals surface area contributed by atoms with E-state index in [1.54, 1.807) is 12.3 Å². The molecule has 1 amide bonds. The molecule has 114 valence electrons. The smallest absolute Gasteiger partial charge is 0.274 e. The normalized spacial score (nSPS) is 10.1. The second kappa shape index (κ2) is 7.02. The minimum absolute atomic E-state index is 0.284. The Labute approximate surface area is 141 Å². The Morgan fingerprint density at radius 2 is 1.70 bits per heavy atom. The van der Waals surface area contributed by atoms with Crippen LogP contribution in [0, 0.1) is 0 Å². The highest BCUT2D eigenvalue weighted by atomic mass is 79.9. The standard InChI is InChI=1S/C17H13BrN4O/c18-13-8-4-5-9-14(13)21-17-19-11-10-15(22-17)16(23)20-12-6-2-1-3-7-12/h1-11H,(H,20,23)(H,19,21,22). The van der Waals surface area contributed by atoms with Gasteiger partial charge >= 0.3 is 0 Å². The third-order valence-corrected chi connectivity index (χ3v) is 3.73.